The minimum atomic E-state index is -0.179. The van der Waals surface area contributed by atoms with Gasteiger partial charge in [0.25, 0.3) is 5.91 Å². The molecule has 2 heterocycles. The van der Waals surface area contributed by atoms with Crippen molar-refractivity contribution in [3.8, 4) is 0 Å². The van der Waals surface area contributed by atoms with Gasteiger partial charge in [0, 0.05) is 11.3 Å². The fourth-order valence-electron chi connectivity index (χ4n) is 2.33. The summed E-state index contributed by atoms with van der Waals surface area (Å²) in [6.07, 6.45) is 4.15. The predicted molar refractivity (Wildman–Crippen MR) is 65.4 cm³/mol. The average molecular weight is 261 g/mol. The molecule has 100 valence electrons. The Morgan fingerprint density at radius 2 is 2.21 bits per heavy atom. The van der Waals surface area contributed by atoms with Crippen LogP contribution in [0.2, 0.25) is 0 Å². The van der Waals surface area contributed by atoms with Crippen molar-refractivity contribution in [2.24, 2.45) is 0 Å². The quantitative estimate of drug-likeness (QED) is 0.856. The van der Waals surface area contributed by atoms with Gasteiger partial charge in [0.05, 0.1) is 6.54 Å². The van der Waals surface area contributed by atoms with E-state index in [1.165, 1.54) is 0 Å². The first-order valence-corrected chi connectivity index (χ1v) is 6.38. The van der Waals surface area contributed by atoms with Crippen LogP contribution in [-0.4, -0.2) is 26.4 Å². The number of carbonyl (C=O) groups excluding carboxylic acids is 1. The van der Waals surface area contributed by atoms with Crippen molar-refractivity contribution >= 4 is 5.91 Å². The van der Waals surface area contributed by atoms with Crippen LogP contribution in [0.1, 0.15) is 46.0 Å². The van der Waals surface area contributed by atoms with E-state index < -0.39 is 0 Å². The predicted octanol–water partition coefficient (Wildman–Crippen LogP) is 0.910. The minimum absolute atomic E-state index is 0.179. The smallest absolute Gasteiger partial charge is 0.272 e. The first kappa shape index (κ1) is 11.9. The van der Waals surface area contributed by atoms with Crippen molar-refractivity contribution in [3.05, 3.63) is 28.3 Å². The Balaban J connectivity index is 1.71. The first-order chi connectivity index (χ1) is 9.25. The molecule has 1 aliphatic rings. The third-order valence-corrected chi connectivity index (χ3v) is 3.43. The first-order valence-electron chi connectivity index (χ1n) is 6.38. The van der Waals surface area contributed by atoms with Gasteiger partial charge in [-0.25, -0.2) is 4.63 Å². The van der Waals surface area contributed by atoms with Crippen LogP contribution in [0.15, 0.2) is 4.63 Å². The van der Waals surface area contributed by atoms with Crippen LogP contribution in [0, 0.1) is 6.92 Å². The number of amides is 1. The topological polar surface area (TPSA) is 96.7 Å². The normalized spacial score (nSPS) is 14.2. The Morgan fingerprint density at radius 1 is 1.37 bits per heavy atom. The molecule has 3 rings (SSSR count). The minimum Gasteiger partial charge on any atom is -0.345 e. The van der Waals surface area contributed by atoms with Gasteiger partial charge in [0.2, 0.25) is 0 Å². The number of carbonyl (C=O) groups is 1. The largest absolute Gasteiger partial charge is 0.345 e. The zero-order valence-corrected chi connectivity index (χ0v) is 10.7. The lowest BCUT2D eigenvalue weighted by molar-refractivity contribution is 0.0944. The summed E-state index contributed by atoms with van der Waals surface area (Å²) in [5.41, 5.74) is 3.97. The van der Waals surface area contributed by atoms with Gasteiger partial charge >= 0.3 is 0 Å². The summed E-state index contributed by atoms with van der Waals surface area (Å²) < 4.78 is 4.59. The zero-order valence-electron chi connectivity index (χ0n) is 10.7. The Hall–Kier alpha value is -2.18. The van der Waals surface area contributed by atoms with Crippen molar-refractivity contribution in [1.82, 2.24) is 25.8 Å². The van der Waals surface area contributed by atoms with E-state index in [-0.39, 0.29) is 5.91 Å². The fourth-order valence-corrected chi connectivity index (χ4v) is 2.33. The number of aromatic nitrogens is 4. The number of fused-ring (bicyclic) bond motifs is 1. The lowest BCUT2D eigenvalue weighted by Gasteiger charge is -2.10. The zero-order chi connectivity index (χ0) is 13.2. The van der Waals surface area contributed by atoms with Gasteiger partial charge in [-0.15, -0.1) is 0 Å². The Morgan fingerprint density at radius 3 is 3.00 bits per heavy atom. The highest BCUT2D eigenvalue weighted by Crippen LogP contribution is 2.21. The molecule has 7 nitrogen and oxygen atoms in total. The summed E-state index contributed by atoms with van der Waals surface area (Å²) in [4.78, 5) is 12.1. The second-order valence-electron chi connectivity index (χ2n) is 4.72. The maximum Gasteiger partial charge on any atom is 0.272 e. The van der Waals surface area contributed by atoms with E-state index in [2.05, 4.69) is 30.5 Å². The second-order valence-corrected chi connectivity index (χ2v) is 4.72. The van der Waals surface area contributed by atoms with E-state index in [0.29, 0.717) is 23.6 Å². The average Bonchev–Trinajstić information content (AvgIpc) is 3.02. The number of rotatable bonds is 3. The molecule has 2 aromatic rings. The molecule has 7 heteroatoms. The van der Waals surface area contributed by atoms with Gasteiger partial charge in [-0.05, 0) is 32.6 Å². The van der Waals surface area contributed by atoms with Gasteiger partial charge in [-0.3, -0.25) is 9.89 Å². The fraction of sp³-hybridized carbons (Fsp3) is 0.500. The molecule has 2 N–H and O–H groups in total. The molecule has 0 atom stereocenters. The maximum absolute atomic E-state index is 12.1. The Bertz CT molecular complexity index is 601. The van der Waals surface area contributed by atoms with Crippen LogP contribution >= 0.6 is 0 Å². The molecule has 0 spiro atoms. The molecular weight excluding hydrogens is 246 g/mol. The molecule has 0 bridgehead atoms. The highest BCUT2D eigenvalue weighted by atomic mass is 16.6. The number of hydrogen-bond donors (Lipinski definition) is 2. The van der Waals surface area contributed by atoms with Crippen molar-refractivity contribution in [1.29, 1.82) is 0 Å². The monoisotopic (exact) mass is 261 g/mol. The lowest BCUT2D eigenvalue weighted by Crippen LogP contribution is -2.25. The summed E-state index contributed by atoms with van der Waals surface area (Å²) in [7, 11) is 0. The van der Waals surface area contributed by atoms with Gasteiger partial charge in [0.15, 0.2) is 5.69 Å². The standard InChI is InChI=1S/C12H15N5O2/c1-7-10(17-19-16-7)6-13-12(18)11-8-4-2-3-5-9(8)14-15-11/h2-6H2,1H3,(H,13,18)(H,14,15). The molecule has 0 radical (unpaired) electrons. The molecule has 2 aromatic heterocycles. The summed E-state index contributed by atoms with van der Waals surface area (Å²) in [5, 5.41) is 17.3. The second kappa shape index (κ2) is 4.83. The van der Waals surface area contributed by atoms with E-state index in [4.69, 9.17) is 0 Å². The van der Waals surface area contributed by atoms with Crippen molar-refractivity contribution in [3.63, 3.8) is 0 Å². The van der Waals surface area contributed by atoms with Crippen LogP contribution < -0.4 is 5.32 Å². The summed E-state index contributed by atoms with van der Waals surface area (Å²) in [5.74, 6) is -0.179. The molecule has 0 fully saturated rings. The molecule has 1 aliphatic carbocycles. The highest BCUT2D eigenvalue weighted by Gasteiger charge is 2.21. The summed E-state index contributed by atoms with van der Waals surface area (Å²) in [6, 6.07) is 0. The third kappa shape index (κ3) is 2.23. The molecule has 0 aromatic carbocycles. The van der Waals surface area contributed by atoms with Crippen molar-refractivity contribution in [2.75, 3.05) is 0 Å². The molecule has 0 saturated heterocycles. The van der Waals surface area contributed by atoms with Gasteiger partial charge in [-0.1, -0.05) is 10.3 Å². The number of nitrogens with one attached hydrogen (secondary N) is 2. The molecule has 19 heavy (non-hydrogen) atoms. The van der Waals surface area contributed by atoms with E-state index in [9.17, 15) is 4.79 Å². The van der Waals surface area contributed by atoms with Crippen molar-refractivity contribution < 1.29 is 9.42 Å². The molecule has 1 amide bonds. The lowest BCUT2D eigenvalue weighted by atomic mass is 9.96. The molecule has 0 aliphatic heterocycles. The van der Waals surface area contributed by atoms with Crippen LogP contribution in [-0.2, 0) is 19.4 Å². The van der Waals surface area contributed by atoms with Gasteiger partial charge in [-0.2, -0.15) is 5.10 Å². The number of aryl methyl sites for hydroxylation is 2. The Labute approximate surface area is 109 Å². The van der Waals surface area contributed by atoms with E-state index in [1.807, 2.05) is 0 Å². The van der Waals surface area contributed by atoms with Crippen LogP contribution in [0.5, 0.6) is 0 Å². The number of H-pyrrole nitrogens is 1. The van der Waals surface area contributed by atoms with E-state index in [0.717, 1.165) is 36.9 Å². The van der Waals surface area contributed by atoms with E-state index in [1.54, 1.807) is 6.92 Å². The van der Waals surface area contributed by atoms with Gasteiger partial charge in [0.1, 0.15) is 11.4 Å². The molecular formula is C12H15N5O2. The summed E-state index contributed by atoms with van der Waals surface area (Å²) >= 11 is 0. The van der Waals surface area contributed by atoms with Crippen LogP contribution in [0.4, 0.5) is 0 Å². The maximum atomic E-state index is 12.1. The van der Waals surface area contributed by atoms with Crippen molar-refractivity contribution in [2.45, 2.75) is 39.2 Å². The number of nitrogens with zero attached hydrogens (tertiary/aromatic N) is 3. The molecule has 0 unspecified atom stereocenters. The third-order valence-electron chi connectivity index (χ3n) is 3.43. The number of hydrogen-bond acceptors (Lipinski definition) is 5. The van der Waals surface area contributed by atoms with E-state index >= 15 is 0 Å². The Kier molecular flexibility index (Phi) is 3.02. The molecule has 0 saturated carbocycles. The SMILES string of the molecule is Cc1nonc1CNC(=O)c1n[nH]c2c1CCCC2. The number of aromatic amines is 1. The van der Waals surface area contributed by atoms with Crippen LogP contribution in [0.25, 0.3) is 0 Å². The van der Waals surface area contributed by atoms with Gasteiger partial charge < -0.3 is 5.32 Å². The highest BCUT2D eigenvalue weighted by molar-refractivity contribution is 5.93. The summed E-state index contributed by atoms with van der Waals surface area (Å²) in [6.45, 7) is 2.09. The van der Waals surface area contributed by atoms with Crippen LogP contribution in [0.3, 0.4) is 0 Å².